The largest absolute Gasteiger partial charge is 0.271 e. The Labute approximate surface area is 114 Å². The third-order valence-electron chi connectivity index (χ3n) is 5.04. The van der Waals surface area contributed by atoms with Crippen LogP contribution in [0, 0.1) is 0 Å². The lowest BCUT2D eigenvalue weighted by atomic mass is 10.1. The minimum absolute atomic E-state index is 0.103. The van der Waals surface area contributed by atoms with Gasteiger partial charge in [-0.15, -0.1) is 0 Å². The van der Waals surface area contributed by atoms with Gasteiger partial charge in [0.25, 0.3) is 11.8 Å². The van der Waals surface area contributed by atoms with Crippen LogP contribution in [0.3, 0.4) is 0 Å². The predicted molar refractivity (Wildman–Crippen MR) is 77.1 cm³/mol. The number of carbonyl (C=O) groups excluding carboxylic acids is 2. The molecule has 1 aliphatic carbocycles. The molecule has 2 aliphatic rings. The van der Waals surface area contributed by atoms with Crippen molar-refractivity contribution in [2.24, 2.45) is 0 Å². The van der Waals surface area contributed by atoms with Crippen LogP contribution < -0.4 is 0 Å². The van der Waals surface area contributed by atoms with E-state index in [2.05, 4.69) is 26.6 Å². The molecule has 1 aromatic carbocycles. The minimum atomic E-state index is -1.39. The second kappa shape index (κ2) is 3.57. The second-order valence-corrected chi connectivity index (χ2v) is 12.6. The summed E-state index contributed by atoms with van der Waals surface area (Å²) < 4.78 is 0. The van der Waals surface area contributed by atoms with Crippen molar-refractivity contribution in [1.29, 1.82) is 0 Å². The molecule has 2 unspecified atom stereocenters. The number of benzene rings is 1. The van der Waals surface area contributed by atoms with E-state index in [0.717, 1.165) is 6.42 Å². The van der Waals surface area contributed by atoms with Crippen molar-refractivity contribution in [3.05, 3.63) is 35.4 Å². The second-order valence-electron chi connectivity index (χ2n) is 6.91. The highest BCUT2D eigenvalue weighted by molar-refractivity contribution is 6.80. The molecular weight excluding hydrogens is 254 g/mol. The van der Waals surface area contributed by atoms with E-state index < -0.39 is 8.07 Å². The molecule has 2 amide bonds. The lowest BCUT2D eigenvalue weighted by Gasteiger charge is -2.28. The van der Waals surface area contributed by atoms with Gasteiger partial charge in [-0.2, -0.15) is 0 Å². The topological polar surface area (TPSA) is 37.4 Å². The maximum Gasteiger partial charge on any atom is 0.261 e. The number of hydrogen-bond acceptors (Lipinski definition) is 2. The van der Waals surface area contributed by atoms with Gasteiger partial charge in [-0.1, -0.05) is 38.7 Å². The Morgan fingerprint density at radius 3 is 1.95 bits per heavy atom. The predicted octanol–water partition coefficient (Wildman–Crippen LogP) is 3.15. The molecule has 0 bridgehead atoms. The number of nitrogens with zero attached hydrogens (tertiary/aromatic N) is 1. The highest BCUT2D eigenvalue weighted by Crippen LogP contribution is 2.63. The summed E-state index contributed by atoms with van der Waals surface area (Å²) in [7, 11) is -1.39. The molecule has 0 aromatic heterocycles. The monoisotopic (exact) mass is 273 g/mol. The van der Waals surface area contributed by atoms with Gasteiger partial charge in [0.1, 0.15) is 0 Å². The van der Waals surface area contributed by atoms with Crippen molar-refractivity contribution in [2.45, 2.75) is 44.1 Å². The Kier molecular flexibility index (Phi) is 2.37. The van der Waals surface area contributed by atoms with Crippen LogP contribution in [0.15, 0.2) is 24.3 Å². The van der Waals surface area contributed by atoms with Crippen molar-refractivity contribution in [3.8, 4) is 0 Å². The molecule has 0 saturated heterocycles. The van der Waals surface area contributed by atoms with Crippen LogP contribution in [0.1, 0.15) is 34.1 Å². The lowest BCUT2D eigenvalue weighted by molar-refractivity contribution is 0.0636. The normalized spacial score (nSPS) is 29.7. The molecule has 0 radical (unpaired) electrons. The molecule has 2 atom stereocenters. The Hall–Kier alpha value is -1.42. The van der Waals surface area contributed by atoms with Crippen LogP contribution in [0.4, 0.5) is 0 Å². The minimum Gasteiger partial charge on any atom is -0.271 e. The van der Waals surface area contributed by atoms with Gasteiger partial charge in [0, 0.05) is 6.04 Å². The number of carbonyl (C=O) groups is 2. The lowest BCUT2D eigenvalue weighted by Crippen LogP contribution is -2.39. The highest BCUT2D eigenvalue weighted by atomic mass is 28.3. The first kappa shape index (κ1) is 12.6. The van der Waals surface area contributed by atoms with Gasteiger partial charge in [0.2, 0.25) is 0 Å². The third kappa shape index (κ3) is 1.56. The zero-order valence-electron chi connectivity index (χ0n) is 11.9. The van der Waals surface area contributed by atoms with Gasteiger partial charge in [-0.25, -0.2) is 0 Å². The molecule has 0 N–H and O–H groups in total. The smallest absolute Gasteiger partial charge is 0.261 e. The van der Waals surface area contributed by atoms with Gasteiger partial charge in [-0.05, 0) is 23.6 Å². The van der Waals surface area contributed by atoms with E-state index in [4.69, 9.17) is 0 Å². The van der Waals surface area contributed by atoms with Crippen molar-refractivity contribution in [1.82, 2.24) is 4.90 Å². The molecule has 1 aliphatic heterocycles. The Balaban J connectivity index is 1.95. The van der Waals surface area contributed by atoms with Gasteiger partial charge >= 0.3 is 0 Å². The summed E-state index contributed by atoms with van der Waals surface area (Å²) in [6, 6.07) is 7.25. The van der Waals surface area contributed by atoms with Crippen LogP contribution in [0.2, 0.25) is 24.7 Å². The number of fused-ring (bicyclic) bond motifs is 1. The fourth-order valence-corrected chi connectivity index (χ4v) is 4.95. The molecule has 1 heterocycles. The summed E-state index contributed by atoms with van der Waals surface area (Å²) in [5, 5.41) is 0.167. The molecule has 19 heavy (non-hydrogen) atoms. The van der Waals surface area contributed by atoms with E-state index in [1.54, 1.807) is 12.1 Å². The van der Waals surface area contributed by atoms with Crippen molar-refractivity contribution >= 4 is 19.9 Å². The first-order valence-corrected chi connectivity index (χ1v) is 10.2. The van der Waals surface area contributed by atoms with Crippen LogP contribution >= 0.6 is 0 Å². The van der Waals surface area contributed by atoms with Crippen molar-refractivity contribution in [3.63, 3.8) is 0 Å². The first-order valence-electron chi connectivity index (χ1n) is 6.74. The van der Waals surface area contributed by atoms with E-state index in [1.165, 1.54) is 4.90 Å². The van der Waals surface area contributed by atoms with Gasteiger partial charge in [-0.3, -0.25) is 14.5 Å². The zero-order chi connectivity index (χ0) is 14.0. The Morgan fingerprint density at radius 2 is 1.58 bits per heavy atom. The fraction of sp³-hybridized carbons (Fsp3) is 0.467. The maximum absolute atomic E-state index is 12.4. The summed E-state index contributed by atoms with van der Waals surface area (Å²) in [5.41, 5.74) is 1.13. The standard InChI is InChI=1S/C15H19NO2Si/c1-15(19(2,3)4)9-12(15)16-13(17)10-7-5-6-8-11(10)14(16)18/h5-8,12H,9H2,1-4H3. The van der Waals surface area contributed by atoms with E-state index in [-0.39, 0.29) is 22.9 Å². The molecule has 1 saturated carbocycles. The summed E-state index contributed by atoms with van der Waals surface area (Å²) in [4.78, 5) is 26.4. The SMILES string of the molecule is CC1([Si](C)(C)C)CC1N1C(=O)c2ccccc2C1=O. The van der Waals surface area contributed by atoms with Crippen LogP contribution in [-0.2, 0) is 0 Å². The molecule has 3 nitrogen and oxygen atoms in total. The third-order valence-corrected chi connectivity index (χ3v) is 9.01. The van der Waals surface area contributed by atoms with Crippen molar-refractivity contribution in [2.75, 3.05) is 0 Å². The molecule has 0 spiro atoms. The first-order chi connectivity index (χ1) is 8.77. The number of imide groups is 1. The van der Waals surface area contributed by atoms with Crippen molar-refractivity contribution < 1.29 is 9.59 Å². The van der Waals surface area contributed by atoms with E-state index in [0.29, 0.717) is 11.1 Å². The summed E-state index contributed by atoms with van der Waals surface area (Å²) in [6.07, 6.45) is 0.966. The average Bonchev–Trinajstić information content (AvgIpc) is 2.95. The number of amides is 2. The maximum atomic E-state index is 12.4. The molecule has 100 valence electrons. The summed E-state index contributed by atoms with van der Waals surface area (Å²) in [6.45, 7) is 9.16. The zero-order valence-corrected chi connectivity index (χ0v) is 12.9. The highest BCUT2D eigenvalue weighted by Gasteiger charge is 2.63. The average molecular weight is 273 g/mol. The quantitative estimate of drug-likeness (QED) is 0.613. The molecule has 1 fully saturated rings. The van der Waals surface area contributed by atoms with Crippen LogP contribution in [0.25, 0.3) is 0 Å². The van der Waals surface area contributed by atoms with E-state index in [1.807, 2.05) is 12.1 Å². The summed E-state index contributed by atoms with van der Waals surface area (Å²) >= 11 is 0. The van der Waals surface area contributed by atoms with Gasteiger partial charge in [0.05, 0.1) is 19.2 Å². The summed E-state index contributed by atoms with van der Waals surface area (Å²) in [5.74, 6) is -0.208. The van der Waals surface area contributed by atoms with E-state index >= 15 is 0 Å². The van der Waals surface area contributed by atoms with Gasteiger partial charge < -0.3 is 0 Å². The van der Waals surface area contributed by atoms with Gasteiger partial charge in [0.15, 0.2) is 0 Å². The molecular formula is C15H19NO2Si. The Bertz CT molecular complexity index is 555. The number of rotatable bonds is 2. The van der Waals surface area contributed by atoms with Crippen LogP contribution in [-0.4, -0.2) is 30.8 Å². The molecule has 4 heteroatoms. The number of hydrogen-bond donors (Lipinski definition) is 0. The molecule has 3 rings (SSSR count). The fourth-order valence-electron chi connectivity index (χ4n) is 3.02. The molecule has 1 aromatic rings. The van der Waals surface area contributed by atoms with E-state index in [9.17, 15) is 9.59 Å². The van der Waals surface area contributed by atoms with Crippen LogP contribution in [0.5, 0.6) is 0 Å². The Morgan fingerprint density at radius 1 is 1.11 bits per heavy atom.